The van der Waals surface area contributed by atoms with Crippen molar-refractivity contribution in [3.8, 4) is 0 Å². The van der Waals surface area contributed by atoms with Crippen LogP contribution in [0.1, 0.15) is 27.7 Å². The first-order valence-electron chi connectivity index (χ1n) is 6.07. The fraction of sp³-hybridized carbons (Fsp3) is 0.538. The molecule has 0 aromatic heterocycles. The van der Waals surface area contributed by atoms with Crippen LogP contribution in [-0.2, 0) is 10.0 Å². The van der Waals surface area contributed by atoms with Crippen molar-refractivity contribution in [1.29, 1.82) is 0 Å². The molecule has 3 N–H and O–H groups in total. The predicted octanol–water partition coefficient (Wildman–Crippen LogP) is 2.74. The molecule has 0 aliphatic heterocycles. The number of nitrogen functional groups attached to an aromatic ring is 1. The first kappa shape index (κ1) is 14.8. The molecule has 4 nitrogen and oxygen atoms in total. The number of nitrogens with one attached hydrogen (secondary N) is 1. The summed E-state index contributed by atoms with van der Waals surface area (Å²) in [6.07, 6.45) is 0. The number of hydrogen-bond donors (Lipinski definition) is 2. The number of hydrogen-bond acceptors (Lipinski definition) is 3. The van der Waals surface area contributed by atoms with E-state index in [9.17, 15) is 8.42 Å². The summed E-state index contributed by atoms with van der Waals surface area (Å²) in [5, 5.41) is 0. The van der Waals surface area contributed by atoms with Gasteiger partial charge in [-0.3, -0.25) is 0 Å². The summed E-state index contributed by atoms with van der Waals surface area (Å²) in [5.41, 5.74) is 6.12. The quantitative estimate of drug-likeness (QED) is 0.826. The second-order valence-corrected chi connectivity index (χ2v) is 8.75. The van der Waals surface area contributed by atoms with Gasteiger partial charge in [-0.1, -0.05) is 27.7 Å². The van der Waals surface area contributed by atoms with Gasteiger partial charge >= 0.3 is 0 Å². The van der Waals surface area contributed by atoms with Gasteiger partial charge in [-0.05, 0) is 45.0 Å². The van der Waals surface area contributed by atoms with Gasteiger partial charge < -0.3 is 5.73 Å². The molecule has 0 heterocycles. The number of nitrogens with two attached hydrogens (primary N) is 1. The van der Waals surface area contributed by atoms with Crippen LogP contribution in [0.3, 0.4) is 0 Å². The Bertz CT molecular complexity index is 610. The van der Waals surface area contributed by atoms with E-state index in [1.807, 2.05) is 0 Å². The van der Waals surface area contributed by atoms with Gasteiger partial charge in [0.2, 0.25) is 10.0 Å². The third-order valence-electron chi connectivity index (χ3n) is 4.58. The number of anilines is 1. The van der Waals surface area contributed by atoms with Crippen LogP contribution in [0.5, 0.6) is 0 Å². The lowest BCUT2D eigenvalue weighted by Crippen LogP contribution is -2.29. The van der Waals surface area contributed by atoms with Crippen LogP contribution in [0.4, 0.5) is 5.69 Å². The van der Waals surface area contributed by atoms with E-state index in [1.54, 1.807) is 6.07 Å². The Balaban J connectivity index is 2.28. The highest BCUT2D eigenvalue weighted by molar-refractivity contribution is 9.10. The van der Waals surface area contributed by atoms with E-state index in [2.05, 4.69) is 48.3 Å². The molecule has 0 amide bonds. The van der Waals surface area contributed by atoms with Gasteiger partial charge in [0.1, 0.15) is 0 Å². The number of halogens is 1. The average Bonchev–Trinajstić information content (AvgIpc) is 2.64. The van der Waals surface area contributed by atoms with Gasteiger partial charge in [-0.15, -0.1) is 0 Å². The molecule has 1 aliphatic rings. The molecule has 0 bridgehead atoms. The maximum atomic E-state index is 12.3. The lowest BCUT2D eigenvalue weighted by Gasteiger charge is -2.09. The minimum absolute atomic E-state index is 0.0366. The zero-order valence-corrected chi connectivity index (χ0v) is 13.9. The summed E-state index contributed by atoms with van der Waals surface area (Å²) in [4.78, 5) is 0.229. The lowest BCUT2D eigenvalue weighted by atomic mass is 10.0. The van der Waals surface area contributed by atoms with E-state index in [-0.39, 0.29) is 21.8 Å². The summed E-state index contributed by atoms with van der Waals surface area (Å²) in [6, 6.07) is 4.58. The summed E-state index contributed by atoms with van der Waals surface area (Å²) in [5.74, 6) is 0. The van der Waals surface area contributed by atoms with Crippen LogP contribution >= 0.6 is 15.9 Å². The third-order valence-corrected chi connectivity index (χ3v) is 6.68. The van der Waals surface area contributed by atoms with E-state index >= 15 is 0 Å². The van der Waals surface area contributed by atoms with Gasteiger partial charge in [-0.25, -0.2) is 13.1 Å². The molecule has 0 radical (unpaired) electrons. The minimum Gasteiger partial charge on any atom is -0.398 e. The normalized spacial score (nSPS) is 21.3. The number of benzene rings is 1. The van der Waals surface area contributed by atoms with Crippen molar-refractivity contribution < 1.29 is 8.42 Å². The molecule has 106 valence electrons. The van der Waals surface area contributed by atoms with Crippen LogP contribution in [0.15, 0.2) is 27.6 Å². The Morgan fingerprint density at radius 1 is 1.21 bits per heavy atom. The molecule has 6 heteroatoms. The van der Waals surface area contributed by atoms with Gasteiger partial charge in [0.25, 0.3) is 0 Å². The predicted molar refractivity (Wildman–Crippen MR) is 80.2 cm³/mol. The van der Waals surface area contributed by atoms with Crippen molar-refractivity contribution in [3.63, 3.8) is 0 Å². The molecule has 1 aromatic rings. The molecule has 1 aliphatic carbocycles. The van der Waals surface area contributed by atoms with E-state index in [1.165, 1.54) is 12.1 Å². The molecular weight excluding hydrogens is 328 g/mol. The van der Waals surface area contributed by atoms with Crippen molar-refractivity contribution >= 4 is 31.6 Å². The standard InChI is InChI=1S/C13H19BrN2O2S/c1-12(2)11(13(12,3)4)16-19(17,18)8-5-6-10(15)9(14)7-8/h5-7,11,16H,15H2,1-4H3. The van der Waals surface area contributed by atoms with Crippen molar-refractivity contribution in [1.82, 2.24) is 4.72 Å². The zero-order valence-electron chi connectivity index (χ0n) is 11.5. The third kappa shape index (κ3) is 2.30. The Kier molecular flexibility index (Phi) is 3.27. The molecule has 0 atom stereocenters. The molecule has 0 unspecified atom stereocenters. The highest BCUT2D eigenvalue weighted by Gasteiger charge is 2.66. The Morgan fingerprint density at radius 3 is 2.16 bits per heavy atom. The van der Waals surface area contributed by atoms with E-state index in [4.69, 9.17) is 5.73 Å². The summed E-state index contributed by atoms with van der Waals surface area (Å²) in [7, 11) is -3.51. The second kappa shape index (κ2) is 4.20. The van der Waals surface area contributed by atoms with Gasteiger partial charge in [0.05, 0.1) is 4.90 Å². The first-order valence-corrected chi connectivity index (χ1v) is 8.35. The lowest BCUT2D eigenvalue weighted by molar-refractivity contribution is 0.457. The maximum Gasteiger partial charge on any atom is 0.240 e. The highest BCUT2D eigenvalue weighted by atomic mass is 79.9. The average molecular weight is 347 g/mol. The van der Waals surface area contributed by atoms with Crippen LogP contribution in [0.2, 0.25) is 0 Å². The van der Waals surface area contributed by atoms with E-state index in [0.717, 1.165) is 0 Å². The van der Waals surface area contributed by atoms with Crippen molar-refractivity contribution in [2.45, 2.75) is 38.6 Å². The molecular formula is C13H19BrN2O2S. The second-order valence-electron chi connectivity index (χ2n) is 6.18. The fourth-order valence-corrected chi connectivity index (χ4v) is 4.48. The minimum atomic E-state index is -3.51. The smallest absolute Gasteiger partial charge is 0.240 e. The SMILES string of the molecule is CC1(C)C(NS(=O)(=O)c2ccc(N)c(Br)c2)C1(C)C. The molecule has 1 fully saturated rings. The number of sulfonamides is 1. The molecule has 1 saturated carbocycles. The Hall–Kier alpha value is -0.590. The van der Waals surface area contributed by atoms with Gasteiger partial charge in [-0.2, -0.15) is 0 Å². The van der Waals surface area contributed by atoms with Crippen molar-refractivity contribution in [2.24, 2.45) is 10.8 Å². The Labute approximate surface area is 122 Å². The molecule has 0 spiro atoms. The molecule has 2 rings (SSSR count). The largest absolute Gasteiger partial charge is 0.398 e. The van der Waals surface area contributed by atoms with Crippen molar-refractivity contribution in [3.05, 3.63) is 22.7 Å². The van der Waals surface area contributed by atoms with Crippen molar-refractivity contribution in [2.75, 3.05) is 5.73 Å². The molecule has 19 heavy (non-hydrogen) atoms. The maximum absolute atomic E-state index is 12.3. The fourth-order valence-electron chi connectivity index (χ4n) is 2.39. The van der Waals surface area contributed by atoms with E-state index < -0.39 is 10.0 Å². The van der Waals surface area contributed by atoms with Crippen LogP contribution in [0, 0.1) is 10.8 Å². The van der Waals surface area contributed by atoms with Crippen LogP contribution < -0.4 is 10.5 Å². The zero-order chi connectivity index (χ0) is 14.6. The monoisotopic (exact) mass is 346 g/mol. The van der Waals surface area contributed by atoms with Gasteiger partial charge in [0, 0.05) is 16.2 Å². The van der Waals surface area contributed by atoms with Crippen LogP contribution in [-0.4, -0.2) is 14.5 Å². The Morgan fingerprint density at radius 2 is 1.74 bits per heavy atom. The number of rotatable bonds is 3. The topological polar surface area (TPSA) is 72.2 Å². The molecule has 1 aromatic carbocycles. The highest BCUT2D eigenvalue weighted by Crippen LogP contribution is 2.62. The summed E-state index contributed by atoms with van der Waals surface area (Å²) >= 11 is 3.25. The molecule has 0 saturated heterocycles. The van der Waals surface area contributed by atoms with Crippen LogP contribution in [0.25, 0.3) is 0 Å². The summed E-state index contributed by atoms with van der Waals surface area (Å²) < 4.78 is 28.1. The van der Waals surface area contributed by atoms with Gasteiger partial charge in [0.15, 0.2) is 0 Å². The summed E-state index contributed by atoms with van der Waals surface area (Å²) in [6.45, 7) is 8.27. The first-order chi connectivity index (χ1) is 8.50. The van der Waals surface area contributed by atoms with E-state index in [0.29, 0.717) is 10.2 Å².